The molecule has 5 heteroatoms. The van der Waals surface area contributed by atoms with Crippen molar-refractivity contribution in [2.75, 3.05) is 11.9 Å². The van der Waals surface area contributed by atoms with Gasteiger partial charge in [0.05, 0.1) is 0 Å². The van der Waals surface area contributed by atoms with E-state index in [1.807, 2.05) is 22.6 Å². The lowest BCUT2D eigenvalue weighted by Crippen LogP contribution is -2.33. The van der Waals surface area contributed by atoms with E-state index in [1.54, 1.807) is 12.1 Å². The Morgan fingerprint density at radius 2 is 1.92 bits per heavy atom. The molecule has 0 aromatic heterocycles. The van der Waals surface area contributed by atoms with Gasteiger partial charge in [0.1, 0.15) is 0 Å². The summed E-state index contributed by atoms with van der Waals surface area (Å²) < 4.78 is 37.4. The first kappa shape index (κ1) is 10.6. The normalized spacial score (nSPS) is 11.5. The molecule has 0 aliphatic rings. The lowest BCUT2D eigenvalue weighted by Gasteiger charge is -2.22. The highest BCUT2D eigenvalue weighted by atomic mass is 127. The Hall–Kier alpha value is -0.460. The molecule has 0 atom stereocenters. The molecule has 0 saturated carbocycles. The van der Waals surface area contributed by atoms with Gasteiger partial charge in [-0.15, -0.1) is 0 Å². The highest BCUT2D eigenvalue weighted by Crippen LogP contribution is 2.27. The van der Waals surface area contributed by atoms with E-state index in [-0.39, 0.29) is 10.6 Å². The molecule has 1 aromatic carbocycles. The molecule has 0 N–H and O–H groups in total. The van der Waals surface area contributed by atoms with Crippen molar-refractivity contribution in [1.82, 2.24) is 0 Å². The van der Waals surface area contributed by atoms with Crippen LogP contribution < -0.4 is 4.90 Å². The van der Waals surface area contributed by atoms with E-state index in [9.17, 15) is 13.2 Å². The third-order valence-electron chi connectivity index (χ3n) is 1.58. The maximum Gasteiger partial charge on any atom is 0.484 e. The van der Waals surface area contributed by atoms with Crippen molar-refractivity contribution >= 4 is 28.3 Å². The molecule has 0 aliphatic carbocycles. The SMILES string of the molecule is CN(c1cccc(I)c1)C(F)(F)F. The van der Waals surface area contributed by atoms with Crippen molar-refractivity contribution in [2.24, 2.45) is 0 Å². The van der Waals surface area contributed by atoms with Gasteiger partial charge in [-0.25, -0.2) is 0 Å². The zero-order valence-electron chi connectivity index (χ0n) is 6.77. The minimum absolute atomic E-state index is 0.152. The summed E-state index contributed by atoms with van der Waals surface area (Å²) in [7, 11) is 1.01. The van der Waals surface area contributed by atoms with E-state index in [1.165, 1.54) is 12.1 Å². The van der Waals surface area contributed by atoms with E-state index >= 15 is 0 Å². The predicted octanol–water partition coefficient (Wildman–Crippen LogP) is 3.25. The molecule has 13 heavy (non-hydrogen) atoms. The molecule has 0 spiro atoms. The van der Waals surface area contributed by atoms with Gasteiger partial charge >= 0.3 is 6.30 Å². The highest BCUT2D eigenvalue weighted by Gasteiger charge is 2.34. The first-order valence-electron chi connectivity index (χ1n) is 3.47. The third kappa shape index (κ3) is 2.75. The maximum absolute atomic E-state index is 12.2. The van der Waals surface area contributed by atoms with Crippen molar-refractivity contribution in [1.29, 1.82) is 0 Å². The fourth-order valence-electron chi connectivity index (χ4n) is 0.831. The summed E-state index contributed by atoms with van der Waals surface area (Å²) in [4.78, 5) is 0.287. The number of hydrogen-bond donors (Lipinski definition) is 0. The van der Waals surface area contributed by atoms with Crippen LogP contribution in [-0.2, 0) is 0 Å². The van der Waals surface area contributed by atoms with Crippen LogP contribution in [0.15, 0.2) is 24.3 Å². The van der Waals surface area contributed by atoms with Gasteiger partial charge in [-0.1, -0.05) is 6.07 Å². The Morgan fingerprint density at radius 3 is 2.38 bits per heavy atom. The minimum atomic E-state index is -4.32. The Balaban J connectivity index is 2.96. The lowest BCUT2D eigenvalue weighted by atomic mass is 10.3. The second kappa shape index (κ2) is 3.73. The van der Waals surface area contributed by atoms with Crippen molar-refractivity contribution < 1.29 is 13.2 Å². The molecular formula is C8H7F3IN. The zero-order valence-corrected chi connectivity index (χ0v) is 8.93. The van der Waals surface area contributed by atoms with Gasteiger partial charge in [-0.05, 0) is 40.8 Å². The smallest absolute Gasteiger partial charge is 0.287 e. The number of halogens is 4. The second-order valence-electron chi connectivity index (χ2n) is 2.51. The Bertz CT molecular complexity index is 298. The molecule has 1 aromatic rings. The van der Waals surface area contributed by atoms with Crippen molar-refractivity contribution in [2.45, 2.75) is 6.30 Å². The second-order valence-corrected chi connectivity index (χ2v) is 3.75. The van der Waals surface area contributed by atoms with E-state index in [2.05, 4.69) is 0 Å². The van der Waals surface area contributed by atoms with E-state index in [0.717, 1.165) is 10.6 Å². The van der Waals surface area contributed by atoms with Crippen molar-refractivity contribution in [3.8, 4) is 0 Å². The minimum Gasteiger partial charge on any atom is -0.287 e. The molecule has 0 amide bonds. The van der Waals surface area contributed by atoms with Crippen molar-refractivity contribution in [3.05, 3.63) is 27.8 Å². The molecule has 0 bridgehead atoms. The van der Waals surface area contributed by atoms with Crippen LogP contribution in [0.2, 0.25) is 0 Å². The summed E-state index contributed by atoms with van der Waals surface area (Å²) in [6, 6.07) is 6.25. The highest BCUT2D eigenvalue weighted by molar-refractivity contribution is 14.1. The molecule has 0 aliphatic heterocycles. The maximum atomic E-state index is 12.2. The molecule has 0 fully saturated rings. The van der Waals surface area contributed by atoms with Gasteiger partial charge in [0.2, 0.25) is 0 Å². The molecule has 1 rings (SSSR count). The largest absolute Gasteiger partial charge is 0.484 e. The number of hydrogen-bond acceptors (Lipinski definition) is 1. The fourth-order valence-corrected chi connectivity index (χ4v) is 1.36. The molecule has 0 unspecified atom stereocenters. The van der Waals surface area contributed by atoms with Gasteiger partial charge in [0.15, 0.2) is 0 Å². The quantitative estimate of drug-likeness (QED) is 0.568. The van der Waals surface area contributed by atoms with Crippen LogP contribution in [-0.4, -0.2) is 13.3 Å². The van der Waals surface area contributed by atoms with Gasteiger partial charge in [0, 0.05) is 16.3 Å². The molecule has 0 heterocycles. The average Bonchev–Trinajstić information content (AvgIpc) is 2.01. The monoisotopic (exact) mass is 301 g/mol. The van der Waals surface area contributed by atoms with E-state index in [0.29, 0.717) is 0 Å². The number of rotatable bonds is 1. The first-order valence-corrected chi connectivity index (χ1v) is 4.55. The molecule has 72 valence electrons. The standard InChI is InChI=1S/C8H7F3IN/c1-13(8(9,10)11)7-4-2-3-6(12)5-7/h2-5H,1H3. The Labute approximate surface area is 87.7 Å². The summed E-state index contributed by atoms with van der Waals surface area (Å²) in [5, 5.41) is 0. The average molecular weight is 301 g/mol. The van der Waals surface area contributed by atoms with Gasteiger partial charge in [-0.3, -0.25) is 4.90 Å². The summed E-state index contributed by atoms with van der Waals surface area (Å²) >= 11 is 1.97. The summed E-state index contributed by atoms with van der Waals surface area (Å²) in [6.07, 6.45) is -4.32. The zero-order chi connectivity index (χ0) is 10.1. The van der Waals surface area contributed by atoms with Crippen LogP contribution in [0, 0.1) is 3.57 Å². The first-order chi connectivity index (χ1) is 5.91. The number of benzene rings is 1. The summed E-state index contributed by atoms with van der Waals surface area (Å²) in [5.41, 5.74) is 0.152. The Kier molecular flexibility index (Phi) is 3.05. The Morgan fingerprint density at radius 1 is 1.31 bits per heavy atom. The molecule has 1 nitrogen and oxygen atoms in total. The molecular weight excluding hydrogens is 294 g/mol. The van der Waals surface area contributed by atoms with Gasteiger partial charge < -0.3 is 0 Å². The topological polar surface area (TPSA) is 3.24 Å². The molecule has 0 radical (unpaired) electrons. The van der Waals surface area contributed by atoms with Crippen LogP contribution in [0.1, 0.15) is 0 Å². The van der Waals surface area contributed by atoms with Crippen LogP contribution in [0.5, 0.6) is 0 Å². The van der Waals surface area contributed by atoms with Gasteiger partial charge in [-0.2, -0.15) is 13.2 Å². The summed E-state index contributed by atoms with van der Waals surface area (Å²) in [5.74, 6) is 0. The van der Waals surface area contributed by atoms with Crippen LogP contribution >= 0.6 is 22.6 Å². The van der Waals surface area contributed by atoms with Crippen LogP contribution in [0.25, 0.3) is 0 Å². The fraction of sp³-hybridized carbons (Fsp3) is 0.250. The predicted molar refractivity (Wildman–Crippen MR) is 53.6 cm³/mol. The van der Waals surface area contributed by atoms with E-state index < -0.39 is 6.30 Å². The third-order valence-corrected chi connectivity index (χ3v) is 2.25. The summed E-state index contributed by atoms with van der Waals surface area (Å²) in [6.45, 7) is 0. The number of nitrogens with zero attached hydrogens (tertiary/aromatic N) is 1. The number of anilines is 1. The van der Waals surface area contributed by atoms with Crippen LogP contribution in [0.4, 0.5) is 18.9 Å². The van der Waals surface area contributed by atoms with Gasteiger partial charge in [0.25, 0.3) is 0 Å². The van der Waals surface area contributed by atoms with Crippen LogP contribution in [0.3, 0.4) is 0 Å². The van der Waals surface area contributed by atoms with E-state index in [4.69, 9.17) is 0 Å². The van der Waals surface area contributed by atoms with Crippen molar-refractivity contribution in [3.63, 3.8) is 0 Å². The molecule has 0 saturated heterocycles. The number of alkyl halides is 3. The lowest BCUT2D eigenvalue weighted by molar-refractivity contribution is -0.125.